The number of aromatic amines is 1. The summed E-state index contributed by atoms with van der Waals surface area (Å²) in [5.41, 5.74) is 0.651. The Balaban J connectivity index is 1.59. The molecule has 0 spiro atoms. The van der Waals surface area contributed by atoms with Crippen LogP contribution in [-0.4, -0.2) is 30.2 Å². The topological polar surface area (TPSA) is 59.4 Å². The minimum atomic E-state index is -0.0843. The fraction of sp³-hybridized carbons (Fsp3) is 0.222. The van der Waals surface area contributed by atoms with Gasteiger partial charge in [-0.15, -0.1) is 0 Å². The van der Waals surface area contributed by atoms with Crippen molar-refractivity contribution >= 4 is 10.9 Å². The summed E-state index contributed by atoms with van der Waals surface area (Å²) in [4.78, 5) is 20.7. The summed E-state index contributed by atoms with van der Waals surface area (Å²) < 4.78 is 5.70. The maximum atomic E-state index is 12.1. The molecule has 5 nitrogen and oxygen atoms in total. The summed E-state index contributed by atoms with van der Waals surface area (Å²) in [5, 5.41) is 0.626. The van der Waals surface area contributed by atoms with Gasteiger partial charge in [-0.3, -0.25) is 4.79 Å². The third kappa shape index (κ3) is 3.96. The molecule has 1 unspecified atom stereocenters. The highest BCUT2D eigenvalue weighted by Crippen LogP contribution is 2.07. The maximum absolute atomic E-state index is 12.1. The van der Waals surface area contributed by atoms with E-state index in [1.54, 1.807) is 6.07 Å². The van der Waals surface area contributed by atoms with Gasteiger partial charge < -0.3 is 14.6 Å². The van der Waals surface area contributed by atoms with Crippen molar-refractivity contribution in [3.8, 4) is 5.75 Å². The van der Waals surface area contributed by atoms with Gasteiger partial charge in [0.05, 0.1) is 18.0 Å². The molecule has 0 bridgehead atoms. The quantitative estimate of drug-likeness (QED) is 0.714. The number of likely N-dealkylation sites (N-methyl/N-ethyl adjacent to an activating group) is 1. The summed E-state index contributed by atoms with van der Waals surface area (Å²) in [6, 6.07) is 17.1. The highest BCUT2D eigenvalue weighted by Gasteiger charge is 2.09. The largest absolute Gasteiger partial charge is 0.488 e. The smallest absolute Gasteiger partial charge is 0.258 e. The maximum Gasteiger partial charge on any atom is 0.258 e. The normalized spacial score (nSPS) is 12.2. The van der Waals surface area contributed by atoms with Crippen LogP contribution in [0, 0.1) is 0 Å². The zero-order chi connectivity index (χ0) is 16.1. The van der Waals surface area contributed by atoms with Crippen molar-refractivity contribution in [1.82, 2.24) is 9.97 Å². The second-order valence-corrected chi connectivity index (χ2v) is 5.58. The molecule has 0 aliphatic rings. The number of quaternary nitrogens is 1. The number of ether oxygens (including phenoxy) is 1. The number of fused-ring (bicyclic) bond motifs is 1. The second-order valence-electron chi connectivity index (χ2n) is 5.58. The van der Waals surface area contributed by atoms with Gasteiger partial charge >= 0.3 is 0 Å². The van der Waals surface area contributed by atoms with Gasteiger partial charge in [-0.25, -0.2) is 4.98 Å². The molecule has 2 aromatic carbocycles. The number of nitrogens with one attached hydrogen (secondary N) is 2. The number of hydrogen-bond acceptors (Lipinski definition) is 3. The van der Waals surface area contributed by atoms with E-state index >= 15 is 0 Å². The van der Waals surface area contributed by atoms with E-state index < -0.39 is 0 Å². The molecule has 0 aliphatic heterocycles. The number of rotatable bonds is 6. The van der Waals surface area contributed by atoms with E-state index in [1.807, 2.05) is 48.5 Å². The Hall–Kier alpha value is -2.66. The predicted molar refractivity (Wildman–Crippen MR) is 89.8 cm³/mol. The number of benzene rings is 2. The van der Waals surface area contributed by atoms with E-state index in [1.165, 1.54) is 4.90 Å². The summed E-state index contributed by atoms with van der Waals surface area (Å²) in [6.45, 7) is 2.09. The molecule has 1 atom stereocenters. The van der Waals surface area contributed by atoms with Crippen molar-refractivity contribution in [2.75, 3.05) is 20.2 Å². The fourth-order valence-electron chi connectivity index (χ4n) is 2.45. The molecule has 0 saturated heterocycles. The molecule has 118 valence electrons. The van der Waals surface area contributed by atoms with Gasteiger partial charge in [0, 0.05) is 0 Å². The molecule has 0 radical (unpaired) electrons. The lowest BCUT2D eigenvalue weighted by Gasteiger charge is -2.14. The molecule has 23 heavy (non-hydrogen) atoms. The van der Waals surface area contributed by atoms with Crippen LogP contribution in [0.3, 0.4) is 0 Å². The average molecular weight is 310 g/mol. The first-order valence-corrected chi connectivity index (χ1v) is 7.69. The van der Waals surface area contributed by atoms with Crippen molar-refractivity contribution in [1.29, 1.82) is 0 Å². The summed E-state index contributed by atoms with van der Waals surface area (Å²) in [5.74, 6) is 1.57. The van der Waals surface area contributed by atoms with Crippen LogP contribution in [0.4, 0.5) is 0 Å². The zero-order valence-electron chi connectivity index (χ0n) is 13.1. The number of aromatic nitrogens is 2. The van der Waals surface area contributed by atoms with Crippen molar-refractivity contribution in [2.45, 2.75) is 6.54 Å². The Labute approximate surface area is 134 Å². The van der Waals surface area contributed by atoms with E-state index in [0.717, 1.165) is 17.8 Å². The minimum Gasteiger partial charge on any atom is -0.488 e. The zero-order valence-corrected chi connectivity index (χ0v) is 13.1. The van der Waals surface area contributed by atoms with Crippen LogP contribution in [0.15, 0.2) is 59.4 Å². The van der Waals surface area contributed by atoms with Crippen LogP contribution in [0.25, 0.3) is 10.9 Å². The van der Waals surface area contributed by atoms with E-state index in [9.17, 15) is 4.79 Å². The van der Waals surface area contributed by atoms with Crippen LogP contribution in [0.1, 0.15) is 5.82 Å². The fourth-order valence-corrected chi connectivity index (χ4v) is 2.45. The molecule has 1 aromatic heterocycles. The number of H-pyrrole nitrogens is 1. The Morgan fingerprint density at radius 2 is 1.83 bits per heavy atom. The van der Waals surface area contributed by atoms with Gasteiger partial charge in [0.2, 0.25) is 0 Å². The first-order chi connectivity index (χ1) is 11.2. The Bertz CT molecular complexity index is 830. The predicted octanol–water partition coefficient (Wildman–Crippen LogP) is 1.02. The van der Waals surface area contributed by atoms with Crippen LogP contribution in [0.5, 0.6) is 5.75 Å². The van der Waals surface area contributed by atoms with E-state index in [-0.39, 0.29) is 5.56 Å². The number of nitrogens with zero attached hydrogens (tertiary/aromatic N) is 1. The first kappa shape index (κ1) is 15.2. The molecule has 2 N–H and O–H groups in total. The molecule has 3 rings (SSSR count). The standard InChI is InChI=1S/C18H19N3O2/c1-21(11-12-23-14-7-3-2-4-8-14)13-17-19-16-10-6-5-9-15(16)18(22)20-17/h2-10H,11-13H2,1H3,(H,19,20,22)/p+1. The van der Waals surface area contributed by atoms with Crippen molar-refractivity contribution in [3.63, 3.8) is 0 Å². The molecular formula is C18H20N3O2+. The van der Waals surface area contributed by atoms with Crippen molar-refractivity contribution < 1.29 is 9.64 Å². The molecule has 3 aromatic rings. The Kier molecular flexibility index (Phi) is 4.68. The summed E-state index contributed by atoms with van der Waals surface area (Å²) >= 11 is 0. The number of para-hydroxylation sites is 2. The van der Waals surface area contributed by atoms with Crippen LogP contribution >= 0.6 is 0 Å². The van der Waals surface area contributed by atoms with Gasteiger partial charge in [-0.2, -0.15) is 0 Å². The Morgan fingerprint density at radius 1 is 1.09 bits per heavy atom. The highest BCUT2D eigenvalue weighted by molar-refractivity contribution is 5.77. The van der Waals surface area contributed by atoms with E-state index in [4.69, 9.17) is 4.74 Å². The van der Waals surface area contributed by atoms with Crippen LogP contribution in [0.2, 0.25) is 0 Å². The van der Waals surface area contributed by atoms with Gasteiger partial charge in [-0.1, -0.05) is 30.3 Å². The lowest BCUT2D eigenvalue weighted by Crippen LogP contribution is -3.08. The SMILES string of the molecule is C[NH+](CCOc1ccccc1)Cc1nc2ccccc2c(=O)[nH]1. The van der Waals surface area contributed by atoms with Crippen molar-refractivity contribution in [3.05, 3.63) is 70.8 Å². The Morgan fingerprint density at radius 3 is 2.65 bits per heavy atom. The average Bonchev–Trinajstić information content (AvgIpc) is 2.56. The summed E-state index contributed by atoms with van der Waals surface area (Å²) in [6.07, 6.45) is 0. The first-order valence-electron chi connectivity index (χ1n) is 7.69. The lowest BCUT2D eigenvalue weighted by molar-refractivity contribution is -0.894. The van der Waals surface area contributed by atoms with E-state index in [2.05, 4.69) is 17.0 Å². The third-order valence-corrected chi connectivity index (χ3v) is 3.67. The van der Waals surface area contributed by atoms with Gasteiger partial charge in [-0.05, 0) is 24.3 Å². The minimum absolute atomic E-state index is 0.0843. The molecule has 1 heterocycles. The lowest BCUT2D eigenvalue weighted by atomic mass is 10.2. The highest BCUT2D eigenvalue weighted by atomic mass is 16.5. The van der Waals surface area contributed by atoms with Crippen LogP contribution < -0.4 is 15.2 Å². The summed E-state index contributed by atoms with van der Waals surface area (Å²) in [7, 11) is 2.06. The van der Waals surface area contributed by atoms with Gasteiger partial charge in [0.15, 0.2) is 5.82 Å². The molecule has 0 amide bonds. The molecule has 0 fully saturated rings. The molecule has 0 saturated carbocycles. The second kappa shape index (κ2) is 7.07. The molecular weight excluding hydrogens is 290 g/mol. The monoisotopic (exact) mass is 310 g/mol. The molecule has 0 aliphatic carbocycles. The van der Waals surface area contributed by atoms with Crippen LogP contribution in [-0.2, 0) is 6.54 Å². The number of hydrogen-bond donors (Lipinski definition) is 2. The van der Waals surface area contributed by atoms with E-state index in [0.29, 0.717) is 24.4 Å². The third-order valence-electron chi connectivity index (χ3n) is 3.67. The van der Waals surface area contributed by atoms with Gasteiger partial charge in [0.1, 0.15) is 25.4 Å². The van der Waals surface area contributed by atoms with Gasteiger partial charge in [0.25, 0.3) is 5.56 Å². The van der Waals surface area contributed by atoms with Crippen molar-refractivity contribution in [2.24, 2.45) is 0 Å². The molecule has 5 heteroatoms.